The van der Waals surface area contributed by atoms with Crippen LogP contribution in [0.3, 0.4) is 0 Å². The first-order valence-corrected chi connectivity index (χ1v) is 7.95. The number of carbonyl (C=O) groups is 1. The molecule has 6 nitrogen and oxygen atoms in total. The predicted molar refractivity (Wildman–Crippen MR) is 90.1 cm³/mol. The summed E-state index contributed by atoms with van der Waals surface area (Å²) in [4.78, 5) is 25.0. The van der Waals surface area contributed by atoms with Crippen LogP contribution < -0.4 is 10.9 Å². The van der Waals surface area contributed by atoms with Crippen LogP contribution in [0.15, 0.2) is 52.2 Å². The third kappa shape index (κ3) is 2.53. The van der Waals surface area contributed by atoms with Crippen molar-refractivity contribution in [2.24, 2.45) is 4.99 Å². The molecule has 0 atom stereocenters. The number of halogens is 1. The molecule has 0 unspecified atom stereocenters. The SMILES string of the molecule is O=C(N=c1nc2ccc(Br)cc2c2n1CCN2)c1cccnc1. The molecule has 1 aliphatic rings. The van der Waals surface area contributed by atoms with E-state index in [1.807, 2.05) is 22.8 Å². The number of pyridine rings is 1. The zero-order chi connectivity index (χ0) is 15.8. The molecule has 0 saturated carbocycles. The highest BCUT2D eigenvalue weighted by Gasteiger charge is 2.16. The van der Waals surface area contributed by atoms with E-state index in [1.54, 1.807) is 18.3 Å². The molecule has 0 aliphatic carbocycles. The van der Waals surface area contributed by atoms with Gasteiger partial charge < -0.3 is 5.32 Å². The van der Waals surface area contributed by atoms with Crippen LogP contribution in [0.5, 0.6) is 0 Å². The Morgan fingerprint density at radius 2 is 2.26 bits per heavy atom. The van der Waals surface area contributed by atoms with Crippen LogP contribution in [0, 0.1) is 0 Å². The van der Waals surface area contributed by atoms with Crippen LogP contribution >= 0.6 is 15.9 Å². The van der Waals surface area contributed by atoms with Crippen LogP contribution in [0.25, 0.3) is 10.9 Å². The van der Waals surface area contributed by atoms with Crippen LogP contribution in [0.1, 0.15) is 10.4 Å². The van der Waals surface area contributed by atoms with E-state index in [1.165, 1.54) is 6.20 Å². The summed E-state index contributed by atoms with van der Waals surface area (Å²) in [5.41, 5.74) is 1.66. The molecule has 7 heteroatoms. The maximum atomic E-state index is 12.3. The fraction of sp³-hybridized carbons (Fsp3) is 0.125. The molecule has 0 saturated heterocycles. The van der Waals surface area contributed by atoms with Gasteiger partial charge in [-0.05, 0) is 30.3 Å². The van der Waals surface area contributed by atoms with Crippen LogP contribution in [0.4, 0.5) is 5.82 Å². The molecular weight excluding hydrogens is 358 g/mol. The molecule has 1 aliphatic heterocycles. The number of rotatable bonds is 1. The Bertz CT molecular complexity index is 981. The Hall–Kier alpha value is -2.54. The second-order valence-electron chi connectivity index (χ2n) is 5.16. The Morgan fingerprint density at radius 1 is 1.35 bits per heavy atom. The highest BCUT2D eigenvalue weighted by atomic mass is 79.9. The van der Waals surface area contributed by atoms with Crippen molar-refractivity contribution in [3.05, 3.63) is 58.4 Å². The number of fused-ring (bicyclic) bond motifs is 3. The minimum Gasteiger partial charge on any atom is -0.369 e. The molecule has 2 aromatic heterocycles. The molecule has 23 heavy (non-hydrogen) atoms. The van der Waals surface area contributed by atoms with E-state index in [0.717, 1.165) is 34.3 Å². The first-order chi connectivity index (χ1) is 11.2. The summed E-state index contributed by atoms with van der Waals surface area (Å²) in [6.45, 7) is 1.51. The lowest BCUT2D eigenvalue weighted by Crippen LogP contribution is -2.24. The fourth-order valence-electron chi connectivity index (χ4n) is 2.63. The predicted octanol–water partition coefficient (Wildman–Crippen LogP) is 2.36. The third-order valence-electron chi connectivity index (χ3n) is 3.68. The van der Waals surface area contributed by atoms with Gasteiger partial charge in [0.1, 0.15) is 5.82 Å². The number of benzene rings is 1. The molecule has 1 aromatic carbocycles. The average Bonchev–Trinajstić information content (AvgIpc) is 3.06. The summed E-state index contributed by atoms with van der Waals surface area (Å²) >= 11 is 3.48. The van der Waals surface area contributed by atoms with Crippen molar-refractivity contribution in [1.82, 2.24) is 14.5 Å². The van der Waals surface area contributed by atoms with Crippen molar-refractivity contribution in [1.29, 1.82) is 0 Å². The molecule has 114 valence electrons. The van der Waals surface area contributed by atoms with E-state index < -0.39 is 0 Å². The van der Waals surface area contributed by atoms with Gasteiger partial charge in [-0.3, -0.25) is 14.3 Å². The number of nitrogens with one attached hydrogen (secondary N) is 1. The summed E-state index contributed by atoms with van der Waals surface area (Å²) in [6, 6.07) is 9.26. The van der Waals surface area contributed by atoms with Crippen LogP contribution in [-0.4, -0.2) is 27.0 Å². The zero-order valence-corrected chi connectivity index (χ0v) is 13.6. The topological polar surface area (TPSA) is 72.2 Å². The molecule has 4 rings (SSSR count). The Morgan fingerprint density at radius 3 is 3.09 bits per heavy atom. The van der Waals surface area contributed by atoms with Gasteiger partial charge in [0.25, 0.3) is 5.91 Å². The fourth-order valence-corrected chi connectivity index (χ4v) is 2.99. The van der Waals surface area contributed by atoms with Crippen LogP contribution in [0.2, 0.25) is 0 Å². The summed E-state index contributed by atoms with van der Waals surface area (Å²) in [5.74, 6) is 0.595. The maximum Gasteiger partial charge on any atom is 0.281 e. The molecule has 0 bridgehead atoms. The summed E-state index contributed by atoms with van der Waals surface area (Å²) in [7, 11) is 0. The largest absolute Gasteiger partial charge is 0.369 e. The van der Waals surface area contributed by atoms with Gasteiger partial charge >= 0.3 is 0 Å². The molecule has 1 N–H and O–H groups in total. The monoisotopic (exact) mass is 369 g/mol. The quantitative estimate of drug-likeness (QED) is 0.714. The van der Waals surface area contributed by atoms with E-state index >= 15 is 0 Å². The van der Waals surface area contributed by atoms with E-state index in [2.05, 4.69) is 36.2 Å². The third-order valence-corrected chi connectivity index (χ3v) is 4.18. The standard InChI is InChI=1S/C16H12BrN5O/c17-11-3-4-13-12(8-11)14-19-6-7-22(14)16(20-13)21-15(23)10-2-1-5-18-9-10/h1-5,8-9,19H,6-7H2. The van der Waals surface area contributed by atoms with Crippen LogP contribution in [-0.2, 0) is 6.54 Å². The Balaban J connectivity index is 1.93. The van der Waals surface area contributed by atoms with Crippen molar-refractivity contribution in [2.75, 3.05) is 11.9 Å². The van der Waals surface area contributed by atoms with Crippen molar-refractivity contribution < 1.29 is 4.79 Å². The van der Waals surface area contributed by atoms with E-state index in [-0.39, 0.29) is 5.91 Å². The first kappa shape index (κ1) is 14.1. The van der Waals surface area contributed by atoms with Gasteiger partial charge in [-0.1, -0.05) is 15.9 Å². The number of nitrogens with zero attached hydrogens (tertiary/aromatic N) is 4. The lowest BCUT2D eigenvalue weighted by molar-refractivity contribution is 0.0996. The molecule has 1 amide bonds. The minimum absolute atomic E-state index is 0.344. The number of aromatic nitrogens is 3. The molecule has 3 heterocycles. The van der Waals surface area contributed by atoms with Gasteiger partial charge in [0.05, 0.1) is 11.1 Å². The zero-order valence-electron chi connectivity index (χ0n) is 12.0. The van der Waals surface area contributed by atoms with Crippen molar-refractivity contribution >= 4 is 38.6 Å². The molecule has 0 fully saturated rings. The second-order valence-corrected chi connectivity index (χ2v) is 6.07. The first-order valence-electron chi connectivity index (χ1n) is 7.15. The minimum atomic E-state index is -0.344. The van der Waals surface area contributed by atoms with Gasteiger partial charge in [-0.15, -0.1) is 0 Å². The van der Waals surface area contributed by atoms with Gasteiger partial charge in [0.15, 0.2) is 0 Å². The number of anilines is 1. The van der Waals surface area contributed by atoms with Gasteiger partial charge in [0.2, 0.25) is 5.62 Å². The van der Waals surface area contributed by atoms with E-state index in [0.29, 0.717) is 11.2 Å². The number of hydrogen-bond donors (Lipinski definition) is 1. The van der Waals surface area contributed by atoms with Gasteiger partial charge in [0, 0.05) is 35.3 Å². The molecule has 0 radical (unpaired) electrons. The average molecular weight is 370 g/mol. The lowest BCUT2D eigenvalue weighted by Gasteiger charge is -2.08. The van der Waals surface area contributed by atoms with Crippen molar-refractivity contribution in [2.45, 2.75) is 6.54 Å². The number of amides is 1. The van der Waals surface area contributed by atoms with E-state index in [4.69, 9.17) is 0 Å². The lowest BCUT2D eigenvalue weighted by atomic mass is 10.2. The summed E-state index contributed by atoms with van der Waals surface area (Å²) in [5, 5.41) is 4.35. The summed E-state index contributed by atoms with van der Waals surface area (Å²) < 4.78 is 2.92. The Labute approximate surface area is 140 Å². The molecule has 3 aromatic rings. The number of carbonyl (C=O) groups excluding carboxylic acids is 1. The maximum absolute atomic E-state index is 12.3. The highest BCUT2D eigenvalue weighted by Crippen LogP contribution is 2.26. The summed E-state index contributed by atoms with van der Waals surface area (Å²) in [6.07, 6.45) is 3.13. The molecular formula is C16H12BrN5O. The highest BCUT2D eigenvalue weighted by molar-refractivity contribution is 9.10. The molecule has 0 spiro atoms. The number of hydrogen-bond acceptors (Lipinski definition) is 4. The van der Waals surface area contributed by atoms with Gasteiger partial charge in [-0.2, -0.15) is 4.99 Å². The Kier molecular flexibility index (Phi) is 3.42. The van der Waals surface area contributed by atoms with Gasteiger partial charge in [-0.25, -0.2) is 4.98 Å². The normalized spacial score (nSPS) is 13.9. The van der Waals surface area contributed by atoms with E-state index in [9.17, 15) is 4.79 Å². The van der Waals surface area contributed by atoms with Crippen molar-refractivity contribution in [3.8, 4) is 0 Å². The van der Waals surface area contributed by atoms with Crippen molar-refractivity contribution in [3.63, 3.8) is 0 Å². The smallest absolute Gasteiger partial charge is 0.281 e. The second kappa shape index (κ2) is 5.58.